The van der Waals surface area contributed by atoms with Gasteiger partial charge >= 0.3 is 0 Å². The molecule has 0 fully saturated rings. The monoisotopic (exact) mass is 272 g/mol. The summed E-state index contributed by atoms with van der Waals surface area (Å²) in [7, 11) is 0. The van der Waals surface area contributed by atoms with Crippen molar-refractivity contribution < 1.29 is 5.11 Å². The minimum absolute atomic E-state index is 0.0528. The Kier molecular flexibility index (Phi) is 3.53. The molecule has 0 saturated heterocycles. The molecule has 0 aliphatic heterocycles. The molecule has 21 heavy (non-hydrogen) atoms. The maximum Gasteiger partial charge on any atom is 0.0685 e. The molecule has 1 heteroatoms. The van der Waals surface area contributed by atoms with Crippen molar-refractivity contribution in [3.05, 3.63) is 58.1 Å². The Morgan fingerprint density at radius 2 is 1.67 bits per heavy atom. The van der Waals surface area contributed by atoms with E-state index < -0.39 is 0 Å². The molecule has 1 aliphatic carbocycles. The lowest BCUT2D eigenvalue weighted by Gasteiger charge is -2.07. The van der Waals surface area contributed by atoms with E-state index in [1.54, 1.807) is 0 Å². The van der Waals surface area contributed by atoms with Crippen LogP contribution in [-0.4, -0.2) is 5.11 Å². The molecule has 0 saturated carbocycles. The van der Waals surface area contributed by atoms with Crippen LogP contribution in [0, 0.1) is 23.7 Å². The highest BCUT2D eigenvalue weighted by molar-refractivity contribution is 5.80. The van der Waals surface area contributed by atoms with E-state index in [9.17, 15) is 5.11 Å². The molecule has 0 aromatic heterocycles. The number of hydrogen-bond donors (Lipinski definition) is 1. The molecular weight excluding hydrogens is 256 g/mol. The Hall–Kier alpha value is -2.48. The smallest absolute Gasteiger partial charge is 0.0685 e. The Morgan fingerprint density at radius 1 is 0.952 bits per heavy atom. The van der Waals surface area contributed by atoms with Crippen molar-refractivity contribution in [2.24, 2.45) is 0 Å². The molecule has 0 radical (unpaired) electrons. The molecule has 1 nitrogen and oxygen atoms in total. The molecule has 1 N–H and O–H groups in total. The average Bonchev–Trinajstić information content (AvgIpc) is 2.85. The minimum Gasteiger partial charge on any atom is -0.392 e. The molecule has 0 bridgehead atoms. The molecular formula is C20H16O. The zero-order valence-corrected chi connectivity index (χ0v) is 12.2. The molecule has 1 aliphatic rings. The normalized spacial score (nSPS) is 10.8. The van der Waals surface area contributed by atoms with Crippen molar-refractivity contribution >= 4 is 0 Å². The first kappa shape index (κ1) is 13.5. The Labute approximate surface area is 125 Å². The fraction of sp³-hybridized carbons (Fsp3) is 0.200. The second kappa shape index (κ2) is 5.49. The summed E-state index contributed by atoms with van der Waals surface area (Å²) < 4.78 is 0. The van der Waals surface area contributed by atoms with E-state index in [1.165, 1.54) is 22.3 Å². The third-order valence-corrected chi connectivity index (χ3v) is 3.82. The SMILES string of the molecule is CC#Cc1ccc2c(c1)-c1cc(C#CC)cc(CO)c1C2. The van der Waals surface area contributed by atoms with Crippen LogP contribution in [0.5, 0.6) is 0 Å². The van der Waals surface area contributed by atoms with Crippen LogP contribution >= 0.6 is 0 Å². The van der Waals surface area contributed by atoms with Crippen LogP contribution in [-0.2, 0) is 13.0 Å². The number of fused-ring (bicyclic) bond motifs is 3. The highest BCUT2D eigenvalue weighted by Crippen LogP contribution is 2.39. The van der Waals surface area contributed by atoms with Gasteiger partial charge in [0, 0.05) is 11.1 Å². The van der Waals surface area contributed by atoms with Crippen molar-refractivity contribution in [2.75, 3.05) is 0 Å². The summed E-state index contributed by atoms with van der Waals surface area (Å²) in [5, 5.41) is 9.64. The number of aliphatic hydroxyl groups is 1. The Morgan fingerprint density at radius 3 is 2.38 bits per heavy atom. The maximum atomic E-state index is 9.64. The van der Waals surface area contributed by atoms with Gasteiger partial charge in [-0.25, -0.2) is 0 Å². The van der Waals surface area contributed by atoms with Crippen LogP contribution in [0.25, 0.3) is 11.1 Å². The van der Waals surface area contributed by atoms with E-state index in [0.29, 0.717) is 0 Å². The number of rotatable bonds is 1. The Bertz CT molecular complexity index is 836. The predicted molar refractivity (Wildman–Crippen MR) is 85.7 cm³/mol. The molecule has 3 rings (SSSR count). The van der Waals surface area contributed by atoms with Gasteiger partial charge in [0.2, 0.25) is 0 Å². The molecule has 2 aromatic carbocycles. The predicted octanol–water partition coefficient (Wildman–Crippen LogP) is 3.49. The number of hydrogen-bond acceptors (Lipinski definition) is 1. The summed E-state index contributed by atoms with van der Waals surface area (Å²) in [6, 6.07) is 10.5. The van der Waals surface area contributed by atoms with Crippen molar-refractivity contribution in [3.63, 3.8) is 0 Å². The summed E-state index contributed by atoms with van der Waals surface area (Å²) in [5.74, 6) is 12.1. The topological polar surface area (TPSA) is 20.2 Å². The highest BCUT2D eigenvalue weighted by atomic mass is 16.3. The molecule has 0 spiro atoms. The van der Waals surface area contributed by atoms with E-state index in [2.05, 4.69) is 47.9 Å². The van der Waals surface area contributed by atoms with Gasteiger partial charge in [-0.15, -0.1) is 11.8 Å². The third kappa shape index (κ3) is 2.33. The minimum atomic E-state index is 0.0528. The summed E-state index contributed by atoms with van der Waals surface area (Å²) in [6.45, 7) is 3.73. The maximum absolute atomic E-state index is 9.64. The first-order valence-corrected chi connectivity index (χ1v) is 7.02. The number of benzene rings is 2. The molecule has 0 heterocycles. The van der Waals surface area contributed by atoms with Crippen LogP contribution in [0.2, 0.25) is 0 Å². The second-order valence-electron chi connectivity index (χ2n) is 5.12. The fourth-order valence-electron chi connectivity index (χ4n) is 2.93. The summed E-state index contributed by atoms with van der Waals surface area (Å²) >= 11 is 0. The summed E-state index contributed by atoms with van der Waals surface area (Å²) in [5.41, 5.74) is 7.89. The molecule has 0 unspecified atom stereocenters. The standard InChI is InChI=1S/C20H16O/c1-3-5-14-7-8-16-12-19-17(13-21)9-15(6-4-2)11-20(19)18(16)10-14/h7-11,21H,12-13H2,1-2H3. The zero-order valence-electron chi connectivity index (χ0n) is 12.2. The molecule has 102 valence electrons. The van der Waals surface area contributed by atoms with Crippen molar-refractivity contribution in [2.45, 2.75) is 26.9 Å². The molecule has 2 aromatic rings. The van der Waals surface area contributed by atoms with E-state index in [1.807, 2.05) is 19.9 Å². The van der Waals surface area contributed by atoms with Gasteiger partial charge in [0.15, 0.2) is 0 Å². The second-order valence-corrected chi connectivity index (χ2v) is 5.12. The lowest BCUT2D eigenvalue weighted by molar-refractivity contribution is 0.281. The quantitative estimate of drug-likeness (QED) is 0.672. The first-order chi connectivity index (χ1) is 10.3. The summed E-state index contributed by atoms with van der Waals surface area (Å²) in [6.07, 6.45) is 0.875. The average molecular weight is 272 g/mol. The number of aliphatic hydroxyl groups excluding tert-OH is 1. The van der Waals surface area contributed by atoms with Gasteiger partial charge in [-0.05, 0) is 72.4 Å². The van der Waals surface area contributed by atoms with E-state index in [0.717, 1.165) is 23.1 Å². The van der Waals surface area contributed by atoms with E-state index in [-0.39, 0.29) is 6.61 Å². The van der Waals surface area contributed by atoms with Crippen LogP contribution < -0.4 is 0 Å². The van der Waals surface area contributed by atoms with Gasteiger partial charge in [-0.1, -0.05) is 17.9 Å². The van der Waals surface area contributed by atoms with Crippen LogP contribution in [0.15, 0.2) is 30.3 Å². The lowest BCUT2D eigenvalue weighted by atomic mass is 9.97. The fourth-order valence-corrected chi connectivity index (χ4v) is 2.93. The van der Waals surface area contributed by atoms with E-state index in [4.69, 9.17) is 0 Å². The van der Waals surface area contributed by atoms with Gasteiger partial charge < -0.3 is 5.11 Å². The highest BCUT2D eigenvalue weighted by Gasteiger charge is 2.21. The Balaban J connectivity index is 2.23. The third-order valence-electron chi connectivity index (χ3n) is 3.82. The van der Waals surface area contributed by atoms with Crippen LogP contribution in [0.4, 0.5) is 0 Å². The molecule has 0 atom stereocenters. The van der Waals surface area contributed by atoms with Crippen LogP contribution in [0.1, 0.15) is 41.7 Å². The van der Waals surface area contributed by atoms with Crippen molar-refractivity contribution in [3.8, 4) is 34.8 Å². The van der Waals surface area contributed by atoms with Gasteiger partial charge in [0.25, 0.3) is 0 Å². The van der Waals surface area contributed by atoms with Crippen molar-refractivity contribution in [1.82, 2.24) is 0 Å². The van der Waals surface area contributed by atoms with Gasteiger partial charge in [0.05, 0.1) is 6.61 Å². The van der Waals surface area contributed by atoms with Crippen LogP contribution in [0.3, 0.4) is 0 Å². The molecule has 0 amide bonds. The zero-order chi connectivity index (χ0) is 14.8. The first-order valence-electron chi connectivity index (χ1n) is 7.02. The lowest BCUT2D eigenvalue weighted by Crippen LogP contribution is -1.94. The van der Waals surface area contributed by atoms with Gasteiger partial charge in [-0.2, -0.15) is 0 Å². The van der Waals surface area contributed by atoms with E-state index >= 15 is 0 Å². The van der Waals surface area contributed by atoms with Gasteiger partial charge in [0.1, 0.15) is 0 Å². The largest absolute Gasteiger partial charge is 0.392 e. The van der Waals surface area contributed by atoms with Gasteiger partial charge in [-0.3, -0.25) is 0 Å². The van der Waals surface area contributed by atoms with Crippen molar-refractivity contribution in [1.29, 1.82) is 0 Å². The summed E-state index contributed by atoms with van der Waals surface area (Å²) in [4.78, 5) is 0.